The number of rotatable bonds is 15. The lowest BCUT2D eigenvalue weighted by Gasteiger charge is -2.41. The standard InChI is InChI=1S/C49H58N4O7S/c1-47(2,28-59-43-24-37-35(22-41(43)56-7)45(54)52-32(26-50-37)19-30-13-10-11-14-39(30)52)48(3,4)29-60-44-25-38-36(23-42(44)57-8)46(55)53-33(27-51-38)20-31-21-34(15-16-40(31)53)58-18-12-17-49(5,6)61-9/h10-11,13-16,21-26,32-33,51H,12,17-20,27-29H2,1-9H3. The van der Waals surface area contributed by atoms with Gasteiger partial charge in [0.15, 0.2) is 23.0 Å². The fourth-order valence-corrected chi connectivity index (χ4v) is 8.78. The number of carbonyl (C=O) groups is 2. The summed E-state index contributed by atoms with van der Waals surface area (Å²) in [6, 6.07) is 21.1. The molecule has 0 saturated carbocycles. The molecule has 0 bridgehead atoms. The fraction of sp³-hybridized carbons (Fsp3) is 0.449. The summed E-state index contributed by atoms with van der Waals surface area (Å²) >= 11 is 1.88. The van der Waals surface area contributed by atoms with E-state index in [4.69, 9.17) is 28.7 Å². The molecule has 0 aromatic heterocycles. The fourth-order valence-electron chi connectivity index (χ4n) is 8.43. The van der Waals surface area contributed by atoms with Crippen molar-refractivity contribution < 1.29 is 33.3 Å². The van der Waals surface area contributed by atoms with Gasteiger partial charge in [-0.3, -0.25) is 19.5 Å². The van der Waals surface area contributed by atoms with E-state index >= 15 is 0 Å². The van der Waals surface area contributed by atoms with Crippen LogP contribution in [0.3, 0.4) is 0 Å². The first kappa shape index (κ1) is 42.3. The zero-order chi connectivity index (χ0) is 43.3. The van der Waals surface area contributed by atoms with Crippen molar-refractivity contribution in [2.24, 2.45) is 15.8 Å². The third kappa shape index (κ3) is 8.11. The summed E-state index contributed by atoms with van der Waals surface area (Å²) in [5.74, 6) is 2.67. The smallest absolute Gasteiger partial charge is 0.261 e. The molecule has 4 aliphatic rings. The van der Waals surface area contributed by atoms with Crippen LogP contribution in [-0.4, -0.2) is 81.7 Å². The second kappa shape index (κ2) is 16.5. The molecule has 0 fully saturated rings. The van der Waals surface area contributed by atoms with Crippen LogP contribution in [0.25, 0.3) is 0 Å². The number of benzene rings is 4. The largest absolute Gasteiger partial charge is 0.494 e. The highest BCUT2D eigenvalue weighted by Crippen LogP contribution is 2.46. The molecule has 4 aromatic rings. The van der Waals surface area contributed by atoms with Crippen LogP contribution in [0.1, 0.15) is 86.2 Å². The Bertz CT molecular complexity index is 2380. The monoisotopic (exact) mass is 846 g/mol. The number of hydrogen-bond acceptors (Lipinski definition) is 10. The predicted octanol–water partition coefficient (Wildman–Crippen LogP) is 9.80. The summed E-state index contributed by atoms with van der Waals surface area (Å²) in [5, 5.41) is 3.55. The van der Waals surface area contributed by atoms with Crippen molar-refractivity contribution >= 4 is 52.5 Å². The van der Waals surface area contributed by atoms with Crippen molar-refractivity contribution in [1.82, 2.24) is 0 Å². The minimum absolute atomic E-state index is 0.0389. The molecule has 2 unspecified atom stereocenters. The van der Waals surface area contributed by atoms with Gasteiger partial charge in [0.2, 0.25) is 0 Å². The Kier molecular flexibility index (Phi) is 11.4. The van der Waals surface area contributed by atoms with Crippen LogP contribution in [0.4, 0.5) is 22.7 Å². The van der Waals surface area contributed by atoms with Crippen LogP contribution in [-0.2, 0) is 12.8 Å². The molecule has 0 saturated heterocycles. The molecule has 2 amide bonds. The molecule has 4 aliphatic heterocycles. The lowest BCUT2D eigenvalue weighted by atomic mass is 9.69. The first-order chi connectivity index (χ1) is 29.1. The number of aliphatic imine (C=N–C) groups is 1. The maximum Gasteiger partial charge on any atom is 0.261 e. The Labute approximate surface area is 364 Å². The molecule has 322 valence electrons. The Morgan fingerprint density at radius 2 is 1.39 bits per heavy atom. The molecular weight excluding hydrogens is 789 g/mol. The number of ether oxygens (including phenoxy) is 5. The summed E-state index contributed by atoms with van der Waals surface area (Å²) in [6.45, 7) is 15.0. The summed E-state index contributed by atoms with van der Waals surface area (Å²) in [7, 11) is 3.18. The molecule has 1 N–H and O–H groups in total. The van der Waals surface area contributed by atoms with E-state index in [9.17, 15) is 9.59 Å². The second-order valence-corrected chi connectivity index (χ2v) is 19.9. The van der Waals surface area contributed by atoms with Crippen LogP contribution in [0, 0.1) is 10.8 Å². The summed E-state index contributed by atoms with van der Waals surface area (Å²) in [4.78, 5) is 36.7. The van der Waals surface area contributed by atoms with Crippen LogP contribution in [0.15, 0.2) is 71.7 Å². The number of anilines is 3. The molecule has 4 aromatic carbocycles. The molecule has 8 rings (SSSR count). The minimum Gasteiger partial charge on any atom is -0.494 e. The van der Waals surface area contributed by atoms with Crippen LogP contribution < -0.4 is 38.8 Å². The van der Waals surface area contributed by atoms with Crippen LogP contribution in [0.5, 0.6) is 28.7 Å². The SMILES string of the molecule is COc1cc2c(cc1OCC(C)(C)C(C)(C)COc1cc3c(cc1OC)C(=O)N1c4ccc(OCCCC(C)(C)SC)cc4CC1CN3)N=CC1Cc3ccccc3N1C2=O. The Morgan fingerprint density at radius 3 is 2.10 bits per heavy atom. The Balaban J connectivity index is 0.932. The van der Waals surface area contributed by atoms with Gasteiger partial charge in [-0.05, 0) is 73.0 Å². The van der Waals surface area contributed by atoms with Crippen molar-refractivity contribution in [1.29, 1.82) is 0 Å². The van der Waals surface area contributed by atoms with Crippen molar-refractivity contribution in [3.63, 3.8) is 0 Å². The normalized spacial score (nSPS) is 17.9. The van der Waals surface area contributed by atoms with Crippen LogP contribution >= 0.6 is 11.8 Å². The molecule has 0 radical (unpaired) electrons. The number of hydrogen-bond donors (Lipinski definition) is 1. The average molecular weight is 847 g/mol. The number of carbonyl (C=O) groups excluding carboxylic acids is 2. The van der Waals surface area contributed by atoms with Gasteiger partial charge in [-0.2, -0.15) is 11.8 Å². The zero-order valence-corrected chi connectivity index (χ0v) is 37.7. The third-order valence-corrected chi connectivity index (χ3v) is 14.6. The van der Waals surface area contributed by atoms with Gasteiger partial charge in [0.05, 0.1) is 68.6 Å². The van der Waals surface area contributed by atoms with Crippen molar-refractivity contribution in [3.8, 4) is 28.7 Å². The quantitative estimate of drug-likeness (QED) is 0.117. The van der Waals surface area contributed by atoms with E-state index in [0.29, 0.717) is 71.9 Å². The number of thioether (sulfide) groups is 1. The number of para-hydroxylation sites is 1. The first-order valence-corrected chi connectivity index (χ1v) is 22.4. The highest BCUT2D eigenvalue weighted by Gasteiger charge is 2.42. The van der Waals surface area contributed by atoms with E-state index < -0.39 is 10.8 Å². The predicted molar refractivity (Wildman–Crippen MR) is 245 cm³/mol. The van der Waals surface area contributed by atoms with E-state index in [1.807, 2.05) is 64.2 Å². The van der Waals surface area contributed by atoms with Gasteiger partial charge < -0.3 is 33.9 Å². The van der Waals surface area contributed by atoms with E-state index in [2.05, 4.69) is 65.2 Å². The maximum absolute atomic E-state index is 14.3. The summed E-state index contributed by atoms with van der Waals surface area (Å²) < 4.78 is 31.1. The number of nitrogens with one attached hydrogen (secondary N) is 1. The highest BCUT2D eigenvalue weighted by atomic mass is 32.2. The molecule has 11 nitrogen and oxygen atoms in total. The van der Waals surface area contributed by atoms with Crippen LogP contribution in [0.2, 0.25) is 0 Å². The van der Waals surface area contributed by atoms with Gasteiger partial charge in [0, 0.05) is 58.3 Å². The molecule has 61 heavy (non-hydrogen) atoms. The second-order valence-electron chi connectivity index (χ2n) is 18.4. The van der Waals surface area contributed by atoms with Crippen molar-refractivity contribution in [2.45, 2.75) is 84.1 Å². The van der Waals surface area contributed by atoms with Gasteiger partial charge in [-0.25, -0.2) is 0 Å². The first-order valence-electron chi connectivity index (χ1n) is 21.2. The molecular formula is C49H58N4O7S. The van der Waals surface area contributed by atoms with Gasteiger partial charge in [0.1, 0.15) is 5.75 Å². The third-order valence-electron chi connectivity index (χ3n) is 13.3. The van der Waals surface area contributed by atoms with E-state index in [1.165, 1.54) is 0 Å². The average Bonchev–Trinajstić information content (AvgIpc) is 3.73. The molecule has 0 spiro atoms. The van der Waals surface area contributed by atoms with Crippen molar-refractivity contribution in [3.05, 3.63) is 89.0 Å². The number of fused-ring (bicyclic) bond motifs is 8. The lowest BCUT2D eigenvalue weighted by Crippen LogP contribution is -2.42. The maximum atomic E-state index is 14.3. The topological polar surface area (TPSA) is 111 Å². The Morgan fingerprint density at radius 1 is 0.738 bits per heavy atom. The van der Waals surface area contributed by atoms with E-state index in [-0.39, 0.29) is 28.6 Å². The molecule has 4 heterocycles. The van der Waals surface area contributed by atoms with Crippen molar-refractivity contribution in [2.75, 3.05) is 62.0 Å². The Hall–Kier alpha value is -5.36. The molecule has 0 aliphatic carbocycles. The summed E-state index contributed by atoms with van der Waals surface area (Å²) in [6.07, 6.45) is 7.54. The van der Waals surface area contributed by atoms with Gasteiger partial charge in [0.25, 0.3) is 11.8 Å². The highest BCUT2D eigenvalue weighted by molar-refractivity contribution is 7.99. The number of methoxy groups -OCH3 is 2. The molecule has 2 atom stereocenters. The number of nitrogens with zero attached hydrogens (tertiary/aromatic N) is 3. The minimum atomic E-state index is -0.405. The van der Waals surface area contributed by atoms with Gasteiger partial charge in [-0.1, -0.05) is 59.7 Å². The number of amides is 2. The zero-order valence-electron chi connectivity index (χ0n) is 36.8. The van der Waals surface area contributed by atoms with Gasteiger partial charge in [-0.15, -0.1) is 0 Å². The van der Waals surface area contributed by atoms with E-state index in [0.717, 1.165) is 53.9 Å². The summed E-state index contributed by atoms with van der Waals surface area (Å²) in [5.41, 5.74) is 5.55. The van der Waals surface area contributed by atoms with Gasteiger partial charge >= 0.3 is 0 Å². The lowest BCUT2D eigenvalue weighted by molar-refractivity contribution is 0.00907. The molecule has 12 heteroatoms. The van der Waals surface area contributed by atoms with E-state index in [1.54, 1.807) is 32.4 Å².